The third kappa shape index (κ3) is 3.12. The molecule has 1 aromatic rings. The zero-order chi connectivity index (χ0) is 12.8. The van der Waals surface area contributed by atoms with Crippen molar-refractivity contribution in [2.75, 3.05) is 23.7 Å². The average Bonchev–Trinajstić information content (AvgIpc) is 2.32. The first-order chi connectivity index (χ1) is 8.11. The number of nitrogens with two attached hydrogens (primary N) is 1. The smallest absolute Gasteiger partial charge is 0.242 e. The summed E-state index contributed by atoms with van der Waals surface area (Å²) in [6.07, 6.45) is 0. The molecule has 1 atom stereocenters. The molecule has 1 unspecified atom stereocenters. The molecule has 0 radical (unpaired) electrons. The number of anilines is 2. The molecule has 4 heteroatoms. The molecular formula is C13H21N3O. The number of benzene rings is 1. The molecule has 3 N–H and O–H groups in total. The van der Waals surface area contributed by atoms with Gasteiger partial charge in [-0.05, 0) is 32.9 Å². The van der Waals surface area contributed by atoms with Crippen LogP contribution in [-0.4, -0.2) is 25.0 Å². The van der Waals surface area contributed by atoms with Crippen LogP contribution in [0.5, 0.6) is 0 Å². The number of rotatable bonds is 5. The summed E-state index contributed by atoms with van der Waals surface area (Å²) in [5, 5.41) is 2.83. The summed E-state index contributed by atoms with van der Waals surface area (Å²) in [6.45, 7) is 7.21. The highest BCUT2D eigenvalue weighted by molar-refractivity contribution is 5.86. The number of amides is 1. The minimum Gasteiger partial charge on any atom is -0.397 e. The van der Waals surface area contributed by atoms with Gasteiger partial charge in [0.05, 0.1) is 11.4 Å². The van der Waals surface area contributed by atoms with Gasteiger partial charge < -0.3 is 16.0 Å². The molecule has 4 nitrogen and oxygen atoms in total. The molecule has 1 amide bonds. The topological polar surface area (TPSA) is 58.4 Å². The monoisotopic (exact) mass is 235 g/mol. The van der Waals surface area contributed by atoms with E-state index in [1.807, 2.05) is 49.9 Å². The summed E-state index contributed by atoms with van der Waals surface area (Å²) in [7, 11) is 0. The molecule has 0 fully saturated rings. The van der Waals surface area contributed by atoms with E-state index >= 15 is 0 Å². The van der Waals surface area contributed by atoms with Crippen LogP contribution in [-0.2, 0) is 4.79 Å². The zero-order valence-corrected chi connectivity index (χ0v) is 10.7. The number of likely N-dealkylation sites (N-methyl/N-ethyl adjacent to an activating group) is 2. The lowest BCUT2D eigenvalue weighted by Crippen LogP contribution is -2.45. The fourth-order valence-corrected chi connectivity index (χ4v) is 1.87. The van der Waals surface area contributed by atoms with Crippen molar-refractivity contribution in [3.63, 3.8) is 0 Å². The predicted molar refractivity (Wildman–Crippen MR) is 72.0 cm³/mol. The van der Waals surface area contributed by atoms with E-state index in [1.165, 1.54) is 0 Å². The standard InChI is InChI=1S/C13H21N3O/c1-4-15-13(17)10(3)16(5-2)12-9-7-6-8-11(12)14/h6-10H,4-5,14H2,1-3H3,(H,15,17). The molecule has 1 rings (SSSR count). The molecule has 0 spiro atoms. The lowest BCUT2D eigenvalue weighted by molar-refractivity contribution is -0.121. The van der Waals surface area contributed by atoms with Crippen molar-refractivity contribution in [2.24, 2.45) is 0 Å². The van der Waals surface area contributed by atoms with Crippen molar-refractivity contribution < 1.29 is 4.79 Å². The maximum atomic E-state index is 11.8. The molecule has 0 bridgehead atoms. The van der Waals surface area contributed by atoms with Gasteiger partial charge in [-0.3, -0.25) is 4.79 Å². The van der Waals surface area contributed by atoms with E-state index in [-0.39, 0.29) is 11.9 Å². The van der Waals surface area contributed by atoms with E-state index in [0.717, 1.165) is 12.2 Å². The Morgan fingerprint density at radius 2 is 2.06 bits per heavy atom. The van der Waals surface area contributed by atoms with Gasteiger partial charge in [0.1, 0.15) is 6.04 Å². The average molecular weight is 235 g/mol. The first-order valence-corrected chi connectivity index (χ1v) is 6.00. The van der Waals surface area contributed by atoms with E-state index in [4.69, 9.17) is 5.73 Å². The van der Waals surface area contributed by atoms with Crippen molar-refractivity contribution in [2.45, 2.75) is 26.8 Å². The Labute approximate surface area is 103 Å². The van der Waals surface area contributed by atoms with E-state index in [1.54, 1.807) is 0 Å². The number of carbonyl (C=O) groups is 1. The van der Waals surface area contributed by atoms with Crippen molar-refractivity contribution in [1.82, 2.24) is 5.32 Å². The maximum Gasteiger partial charge on any atom is 0.242 e. The van der Waals surface area contributed by atoms with Gasteiger partial charge in [-0.2, -0.15) is 0 Å². The van der Waals surface area contributed by atoms with Crippen LogP contribution in [0.15, 0.2) is 24.3 Å². The largest absolute Gasteiger partial charge is 0.397 e. The highest BCUT2D eigenvalue weighted by Gasteiger charge is 2.20. The molecule has 0 aromatic heterocycles. The summed E-state index contributed by atoms with van der Waals surface area (Å²) in [6, 6.07) is 7.39. The Bertz CT molecular complexity index is 379. The van der Waals surface area contributed by atoms with Gasteiger partial charge >= 0.3 is 0 Å². The fraction of sp³-hybridized carbons (Fsp3) is 0.462. The van der Waals surface area contributed by atoms with Crippen LogP contribution in [0, 0.1) is 0 Å². The maximum absolute atomic E-state index is 11.8. The highest BCUT2D eigenvalue weighted by atomic mass is 16.2. The van der Waals surface area contributed by atoms with Gasteiger partial charge in [0.2, 0.25) is 5.91 Å². The Kier molecular flexibility index (Phi) is 4.82. The number of hydrogen-bond donors (Lipinski definition) is 2. The van der Waals surface area contributed by atoms with Crippen LogP contribution in [0.25, 0.3) is 0 Å². The second-order valence-corrected chi connectivity index (χ2v) is 3.92. The molecule has 0 saturated carbocycles. The Morgan fingerprint density at radius 3 is 2.59 bits per heavy atom. The van der Waals surface area contributed by atoms with Crippen LogP contribution in [0.2, 0.25) is 0 Å². The number of nitrogens with zero attached hydrogens (tertiary/aromatic N) is 1. The summed E-state index contributed by atoms with van der Waals surface area (Å²) < 4.78 is 0. The quantitative estimate of drug-likeness (QED) is 0.762. The van der Waals surface area contributed by atoms with Gasteiger partial charge in [0.25, 0.3) is 0 Å². The number of hydrogen-bond acceptors (Lipinski definition) is 3. The molecule has 1 aromatic carbocycles. The summed E-state index contributed by atoms with van der Waals surface area (Å²) in [5.74, 6) is 0.0256. The minimum atomic E-state index is -0.218. The Hall–Kier alpha value is -1.71. The normalized spacial score (nSPS) is 11.9. The molecular weight excluding hydrogens is 214 g/mol. The third-order valence-electron chi connectivity index (χ3n) is 2.78. The SMILES string of the molecule is CCNC(=O)C(C)N(CC)c1ccccc1N. The summed E-state index contributed by atoms with van der Waals surface area (Å²) in [4.78, 5) is 13.8. The van der Waals surface area contributed by atoms with Crippen molar-refractivity contribution in [1.29, 1.82) is 0 Å². The lowest BCUT2D eigenvalue weighted by atomic mass is 10.2. The van der Waals surface area contributed by atoms with Gasteiger partial charge in [0.15, 0.2) is 0 Å². The van der Waals surface area contributed by atoms with E-state index in [0.29, 0.717) is 12.2 Å². The molecule has 0 saturated heterocycles. The molecule has 0 aliphatic rings. The van der Waals surface area contributed by atoms with Gasteiger partial charge in [-0.1, -0.05) is 12.1 Å². The number of nitrogens with one attached hydrogen (secondary N) is 1. The third-order valence-corrected chi connectivity index (χ3v) is 2.78. The van der Waals surface area contributed by atoms with Crippen LogP contribution in [0.1, 0.15) is 20.8 Å². The zero-order valence-electron chi connectivity index (χ0n) is 10.7. The van der Waals surface area contributed by atoms with Crippen LogP contribution < -0.4 is 16.0 Å². The molecule has 0 aliphatic heterocycles. The predicted octanol–water partition coefficient (Wildman–Crippen LogP) is 1.62. The van der Waals surface area contributed by atoms with Crippen LogP contribution in [0.4, 0.5) is 11.4 Å². The molecule has 0 aliphatic carbocycles. The van der Waals surface area contributed by atoms with Gasteiger partial charge in [0, 0.05) is 13.1 Å². The molecule has 94 valence electrons. The number of para-hydroxylation sites is 2. The van der Waals surface area contributed by atoms with E-state index in [2.05, 4.69) is 5.32 Å². The first-order valence-electron chi connectivity index (χ1n) is 6.00. The van der Waals surface area contributed by atoms with Gasteiger partial charge in [-0.25, -0.2) is 0 Å². The highest BCUT2D eigenvalue weighted by Crippen LogP contribution is 2.24. The van der Waals surface area contributed by atoms with E-state index in [9.17, 15) is 4.79 Å². The number of nitrogen functional groups attached to an aromatic ring is 1. The second-order valence-electron chi connectivity index (χ2n) is 3.92. The minimum absolute atomic E-state index is 0.0256. The van der Waals surface area contributed by atoms with Crippen molar-refractivity contribution in [3.8, 4) is 0 Å². The fourth-order valence-electron chi connectivity index (χ4n) is 1.87. The van der Waals surface area contributed by atoms with Crippen molar-refractivity contribution >= 4 is 17.3 Å². The van der Waals surface area contributed by atoms with E-state index < -0.39 is 0 Å². The molecule has 0 heterocycles. The second kappa shape index (κ2) is 6.13. The Morgan fingerprint density at radius 1 is 1.41 bits per heavy atom. The summed E-state index contributed by atoms with van der Waals surface area (Å²) >= 11 is 0. The lowest BCUT2D eigenvalue weighted by Gasteiger charge is -2.30. The van der Waals surface area contributed by atoms with Crippen LogP contribution in [0.3, 0.4) is 0 Å². The van der Waals surface area contributed by atoms with Gasteiger partial charge in [-0.15, -0.1) is 0 Å². The van der Waals surface area contributed by atoms with Crippen LogP contribution >= 0.6 is 0 Å². The summed E-state index contributed by atoms with van der Waals surface area (Å²) in [5.41, 5.74) is 7.55. The van der Waals surface area contributed by atoms with Crippen molar-refractivity contribution in [3.05, 3.63) is 24.3 Å². The number of carbonyl (C=O) groups excluding carboxylic acids is 1. The molecule has 17 heavy (non-hydrogen) atoms. The Balaban J connectivity index is 2.92. The first kappa shape index (κ1) is 13.4.